The number of hydrogen-bond donors (Lipinski definition) is 2. The molecule has 2 rings (SSSR count). The van der Waals surface area contributed by atoms with Crippen LogP contribution in [0.1, 0.15) is 35.3 Å². The van der Waals surface area contributed by atoms with Gasteiger partial charge in [-0.25, -0.2) is 17.5 Å². The van der Waals surface area contributed by atoms with Crippen LogP contribution in [0, 0.1) is 5.82 Å². The monoisotopic (exact) mass is 378 g/mol. The Hall–Kier alpha value is -2.58. The average molecular weight is 378 g/mol. The predicted octanol–water partition coefficient (Wildman–Crippen LogP) is 2.65. The van der Waals surface area contributed by atoms with Gasteiger partial charge in [-0.3, -0.25) is 9.59 Å². The van der Waals surface area contributed by atoms with Crippen molar-refractivity contribution in [3.63, 3.8) is 0 Å². The van der Waals surface area contributed by atoms with E-state index in [2.05, 4.69) is 10.0 Å². The highest BCUT2D eigenvalue weighted by Crippen LogP contribution is 2.20. The molecule has 26 heavy (non-hydrogen) atoms. The van der Waals surface area contributed by atoms with Crippen molar-refractivity contribution in [1.82, 2.24) is 4.72 Å². The molecular formula is C18H19FN2O4S. The normalized spacial score (nSPS) is 12.4. The highest BCUT2D eigenvalue weighted by Gasteiger charge is 2.20. The number of benzene rings is 2. The smallest absolute Gasteiger partial charge is 0.226 e. The van der Waals surface area contributed by atoms with Crippen LogP contribution in [-0.4, -0.2) is 26.4 Å². The first-order valence-corrected chi connectivity index (χ1v) is 9.67. The molecule has 0 unspecified atom stereocenters. The van der Waals surface area contributed by atoms with Gasteiger partial charge in [0.05, 0.1) is 12.3 Å². The number of Topliss-reactive ketones (excluding diaryl/α,β-unsaturated/α-hetero) is 1. The molecule has 0 aromatic heterocycles. The Labute approximate surface area is 151 Å². The molecule has 1 atom stereocenters. The predicted molar refractivity (Wildman–Crippen MR) is 96.8 cm³/mol. The lowest BCUT2D eigenvalue weighted by atomic mass is 10.0. The van der Waals surface area contributed by atoms with E-state index in [4.69, 9.17) is 0 Å². The molecule has 0 heterocycles. The minimum atomic E-state index is -3.59. The Morgan fingerprint density at radius 2 is 1.77 bits per heavy atom. The zero-order valence-corrected chi connectivity index (χ0v) is 15.1. The first kappa shape index (κ1) is 19.7. The van der Waals surface area contributed by atoms with Crippen molar-refractivity contribution in [2.45, 2.75) is 19.4 Å². The van der Waals surface area contributed by atoms with Crippen LogP contribution in [0.25, 0.3) is 0 Å². The third-order valence-corrected chi connectivity index (χ3v) is 4.28. The molecule has 0 fully saturated rings. The summed E-state index contributed by atoms with van der Waals surface area (Å²) >= 11 is 0. The van der Waals surface area contributed by atoms with Gasteiger partial charge in [-0.2, -0.15) is 0 Å². The summed E-state index contributed by atoms with van der Waals surface area (Å²) in [5.41, 5.74) is 1.34. The van der Waals surface area contributed by atoms with Crippen molar-refractivity contribution in [2.24, 2.45) is 0 Å². The van der Waals surface area contributed by atoms with Crippen molar-refractivity contribution in [3.05, 3.63) is 65.5 Å². The number of carbonyl (C=O) groups excluding carboxylic acids is 2. The SMILES string of the molecule is CC(=O)c1cccc(NC(=O)C[C@@H](NS(C)(=O)=O)c2ccc(F)cc2)c1. The molecule has 138 valence electrons. The van der Waals surface area contributed by atoms with E-state index >= 15 is 0 Å². The fourth-order valence-electron chi connectivity index (χ4n) is 2.39. The first-order chi connectivity index (χ1) is 12.1. The number of sulfonamides is 1. The first-order valence-electron chi connectivity index (χ1n) is 7.77. The average Bonchev–Trinajstić information content (AvgIpc) is 2.53. The third-order valence-electron chi connectivity index (χ3n) is 3.57. The highest BCUT2D eigenvalue weighted by atomic mass is 32.2. The summed E-state index contributed by atoms with van der Waals surface area (Å²) in [6, 6.07) is 10.8. The van der Waals surface area contributed by atoms with Gasteiger partial charge in [0.15, 0.2) is 5.78 Å². The second-order valence-corrected chi connectivity index (χ2v) is 7.66. The van der Waals surface area contributed by atoms with E-state index in [9.17, 15) is 22.4 Å². The molecule has 0 aliphatic carbocycles. The van der Waals surface area contributed by atoms with Crippen LogP contribution >= 0.6 is 0 Å². The van der Waals surface area contributed by atoms with E-state index in [1.165, 1.54) is 37.3 Å². The van der Waals surface area contributed by atoms with Crippen LogP contribution in [0.5, 0.6) is 0 Å². The summed E-state index contributed by atoms with van der Waals surface area (Å²) < 4.78 is 38.6. The Bertz CT molecular complexity index is 911. The molecule has 0 bridgehead atoms. The quantitative estimate of drug-likeness (QED) is 0.725. The van der Waals surface area contributed by atoms with Crippen LogP contribution in [0.4, 0.5) is 10.1 Å². The fourth-order valence-corrected chi connectivity index (χ4v) is 3.13. The van der Waals surface area contributed by atoms with E-state index in [-0.39, 0.29) is 12.2 Å². The van der Waals surface area contributed by atoms with E-state index in [0.29, 0.717) is 16.8 Å². The number of rotatable bonds is 7. The zero-order chi connectivity index (χ0) is 19.3. The molecule has 1 amide bonds. The van der Waals surface area contributed by atoms with E-state index < -0.39 is 27.8 Å². The second-order valence-electron chi connectivity index (χ2n) is 5.88. The maximum absolute atomic E-state index is 13.1. The molecule has 6 nitrogen and oxygen atoms in total. The molecule has 0 spiro atoms. The summed E-state index contributed by atoms with van der Waals surface area (Å²) in [4.78, 5) is 23.7. The van der Waals surface area contributed by atoms with E-state index in [1.807, 2.05) is 0 Å². The topological polar surface area (TPSA) is 92.3 Å². The number of hydrogen-bond acceptors (Lipinski definition) is 4. The maximum Gasteiger partial charge on any atom is 0.226 e. The highest BCUT2D eigenvalue weighted by molar-refractivity contribution is 7.88. The molecular weight excluding hydrogens is 359 g/mol. The van der Waals surface area contributed by atoms with Gasteiger partial charge < -0.3 is 5.32 Å². The van der Waals surface area contributed by atoms with Crippen LogP contribution in [0.2, 0.25) is 0 Å². The Morgan fingerprint density at radius 3 is 2.35 bits per heavy atom. The fraction of sp³-hybridized carbons (Fsp3) is 0.222. The maximum atomic E-state index is 13.1. The molecule has 2 aromatic rings. The molecule has 0 aliphatic rings. The summed E-state index contributed by atoms with van der Waals surface area (Å²) in [5.74, 6) is -1.04. The van der Waals surface area contributed by atoms with Crippen molar-refractivity contribution in [3.8, 4) is 0 Å². The Kier molecular flexibility index (Phi) is 6.23. The van der Waals surface area contributed by atoms with Crippen molar-refractivity contribution < 1.29 is 22.4 Å². The van der Waals surface area contributed by atoms with Gasteiger partial charge >= 0.3 is 0 Å². The number of anilines is 1. The Morgan fingerprint density at radius 1 is 1.12 bits per heavy atom. The lowest BCUT2D eigenvalue weighted by molar-refractivity contribution is -0.116. The van der Waals surface area contributed by atoms with Crippen molar-refractivity contribution >= 4 is 27.4 Å². The molecule has 0 saturated heterocycles. The third kappa shape index (κ3) is 6.05. The summed E-state index contributed by atoms with van der Waals surface area (Å²) in [6.07, 6.45) is 0.792. The minimum Gasteiger partial charge on any atom is -0.326 e. The Balaban J connectivity index is 2.16. The lowest BCUT2D eigenvalue weighted by Gasteiger charge is -2.18. The minimum absolute atomic E-state index is 0.135. The second kappa shape index (κ2) is 8.20. The van der Waals surface area contributed by atoms with Gasteiger partial charge in [0.25, 0.3) is 0 Å². The van der Waals surface area contributed by atoms with Crippen LogP contribution in [-0.2, 0) is 14.8 Å². The molecule has 2 N–H and O–H groups in total. The van der Waals surface area contributed by atoms with Gasteiger partial charge in [-0.1, -0.05) is 24.3 Å². The number of halogens is 1. The van der Waals surface area contributed by atoms with Gasteiger partial charge in [0.2, 0.25) is 15.9 Å². The van der Waals surface area contributed by atoms with Gasteiger partial charge in [-0.05, 0) is 36.8 Å². The summed E-state index contributed by atoms with van der Waals surface area (Å²) in [6.45, 7) is 1.42. The van der Waals surface area contributed by atoms with Gasteiger partial charge in [0.1, 0.15) is 5.82 Å². The van der Waals surface area contributed by atoms with Crippen molar-refractivity contribution in [2.75, 3.05) is 11.6 Å². The number of carbonyl (C=O) groups is 2. The summed E-state index contributed by atoms with van der Waals surface area (Å²) in [5, 5.41) is 2.63. The number of ketones is 1. The molecule has 0 radical (unpaired) electrons. The molecule has 8 heteroatoms. The van der Waals surface area contributed by atoms with Gasteiger partial charge in [-0.15, -0.1) is 0 Å². The van der Waals surface area contributed by atoms with Crippen molar-refractivity contribution in [1.29, 1.82) is 0 Å². The molecule has 2 aromatic carbocycles. The largest absolute Gasteiger partial charge is 0.326 e. The van der Waals surface area contributed by atoms with E-state index in [0.717, 1.165) is 6.26 Å². The molecule has 0 aliphatic heterocycles. The van der Waals surface area contributed by atoms with Crippen LogP contribution < -0.4 is 10.0 Å². The lowest BCUT2D eigenvalue weighted by Crippen LogP contribution is -2.30. The van der Waals surface area contributed by atoms with Crippen LogP contribution in [0.15, 0.2) is 48.5 Å². The number of amides is 1. The summed E-state index contributed by atoms with van der Waals surface area (Å²) in [7, 11) is -3.59. The van der Waals surface area contributed by atoms with Gasteiger partial charge in [0, 0.05) is 17.7 Å². The zero-order valence-electron chi connectivity index (χ0n) is 14.3. The van der Waals surface area contributed by atoms with Crippen LogP contribution in [0.3, 0.4) is 0 Å². The number of nitrogens with one attached hydrogen (secondary N) is 2. The molecule has 0 saturated carbocycles. The standard InChI is InChI=1S/C18H19FN2O4S/c1-12(22)14-4-3-5-16(10-14)20-18(23)11-17(21-26(2,24)25)13-6-8-15(19)9-7-13/h3-10,17,21H,11H2,1-2H3,(H,20,23)/t17-/m1/s1. The van der Waals surface area contributed by atoms with E-state index in [1.54, 1.807) is 18.2 Å².